The Balaban J connectivity index is 2.33. The lowest BCUT2D eigenvalue weighted by Crippen LogP contribution is -2.21. The summed E-state index contributed by atoms with van der Waals surface area (Å²) in [6, 6.07) is 0. The van der Waals surface area contributed by atoms with Gasteiger partial charge in [-0.05, 0) is 25.7 Å². The first-order valence-corrected chi connectivity index (χ1v) is 7.25. The third-order valence-electron chi connectivity index (χ3n) is 3.12. The van der Waals surface area contributed by atoms with Crippen molar-refractivity contribution in [3.05, 3.63) is 22.6 Å². The highest BCUT2D eigenvalue weighted by atomic mass is 32.1. The maximum Gasteiger partial charge on any atom is 0.265 e. The molecule has 0 saturated heterocycles. The SMILES string of the molecule is C=C(C)CNc1sc(C(=O)N(C)C)c(N)c1C1CC1. The van der Waals surface area contributed by atoms with Crippen LogP contribution in [0.3, 0.4) is 0 Å². The fourth-order valence-corrected chi connectivity index (χ4v) is 3.18. The first kappa shape index (κ1) is 13.9. The van der Waals surface area contributed by atoms with Crippen molar-refractivity contribution in [2.24, 2.45) is 0 Å². The summed E-state index contributed by atoms with van der Waals surface area (Å²) in [5, 5.41) is 4.39. The van der Waals surface area contributed by atoms with E-state index in [0.29, 0.717) is 16.5 Å². The largest absolute Gasteiger partial charge is 0.397 e. The Kier molecular flexibility index (Phi) is 3.85. The highest BCUT2D eigenvalue weighted by Crippen LogP contribution is 2.50. The van der Waals surface area contributed by atoms with Crippen LogP contribution in [0, 0.1) is 0 Å². The zero-order valence-electron chi connectivity index (χ0n) is 11.7. The van der Waals surface area contributed by atoms with Crippen molar-refractivity contribution in [1.29, 1.82) is 0 Å². The Labute approximate surface area is 118 Å². The van der Waals surface area contributed by atoms with Crippen LogP contribution < -0.4 is 11.1 Å². The lowest BCUT2D eigenvalue weighted by molar-refractivity contribution is 0.0833. The van der Waals surface area contributed by atoms with Crippen LogP contribution in [0.2, 0.25) is 0 Å². The Morgan fingerprint density at radius 3 is 2.63 bits per heavy atom. The molecule has 0 unspecified atom stereocenters. The van der Waals surface area contributed by atoms with Crippen LogP contribution in [0.5, 0.6) is 0 Å². The zero-order valence-corrected chi connectivity index (χ0v) is 12.6. The summed E-state index contributed by atoms with van der Waals surface area (Å²) in [6.07, 6.45) is 2.33. The van der Waals surface area contributed by atoms with Gasteiger partial charge in [-0.2, -0.15) is 0 Å². The molecular formula is C14H21N3OS. The van der Waals surface area contributed by atoms with E-state index in [1.807, 2.05) is 6.92 Å². The number of hydrogen-bond donors (Lipinski definition) is 2. The topological polar surface area (TPSA) is 58.4 Å². The Hall–Kier alpha value is -1.49. The van der Waals surface area contributed by atoms with Gasteiger partial charge >= 0.3 is 0 Å². The number of carbonyl (C=O) groups excluding carboxylic acids is 1. The van der Waals surface area contributed by atoms with Crippen LogP contribution in [-0.4, -0.2) is 31.4 Å². The number of thiophene rings is 1. The third-order valence-corrected chi connectivity index (χ3v) is 4.29. The summed E-state index contributed by atoms with van der Waals surface area (Å²) in [4.78, 5) is 14.3. The molecule has 0 radical (unpaired) electrons. The average molecular weight is 279 g/mol. The second kappa shape index (κ2) is 5.25. The van der Waals surface area contributed by atoms with E-state index in [1.54, 1.807) is 19.0 Å². The summed E-state index contributed by atoms with van der Waals surface area (Å²) < 4.78 is 0. The number of nitrogens with zero attached hydrogens (tertiary/aromatic N) is 1. The Bertz CT molecular complexity index is 515. The van der Waals surface area contributed by atoms with Crippen LogP contribution >= 0.6 is 11.3 Å². The van der Waals surface area contributed by atoms with Crippen molar-refractivity contribution >= 4 is 27.9 Å². The molecule has 0 aliphatic heterocycles. The molecule has 1 aromatic rings. The highest BCUT2D eigenvalue weighted by molar-refractivity contribution is 7.18. The van der Waals surface area contributed by atoms with E-state index >= 15 is 0 Å². The van der Waals surface area contributed by atoms with Gasteiger partial charge in [-0.25, -0.2) is 0 Å². The third kappa shape index (κ3) is 2.92. The van der Waals surface area contributed by atoms with Crippen molar-refractivity contribution in [2.75, 3.05) is 31.7 Å². The number of nitrogens with one attached hydrogen (secondary N) is 1. The van der Waals surface area contributed by atoms with Crippen molar-refractivity contribution in [2.45, 2.75) is 25.7 Å². The van der Waals surface area contributed by atoms with Crippen LogP contribution in [-0.2, 0) is 0 Å². The van der Waals surface area contributed by atoms with Crippen LogP contribution in [0.15, 0.2) is 12.2 Å². The summed E-state index contributed by atoms with van der Waals surface area (Å²) in [7, 11) is 3.50. The molecule has 0 atom stereocenters. The molecule has 1 saturated carbocycles. The molecule has 3 N–H and O–H groups in total. The lowest BCUT2D eigenvalue weighted by atomic mass is 10.1. The molecule has 5 heteroatoms. The van der Waals surface area contributed by atoms with E-state index in [9.17, 15) is 4.79 Å². The molecule has 1 fully saturated rings. The van der Waals surface area contributed by atoms with Crippen LogP contribution in [0.1, 0.15) is 40.9 Å². The molecule has 0 aromatic carbocycles. The number of amides is 1. The van der Waals surface area contributed by atoms with Gasteiger partial charge in [0.15, 0.2) is 0 Å². The predicted octanol–water partition coefficient (Wildman–Crippen LogP) is 2.90. The minimum atomic E-state index is -0.0206. The Morgan fingerprint density at radius 1 is 1.53 bits per heavy atom. The molecule has 104 valence electrons. The minimum absolute atomic E-state index is 0.0206. The number of carbonyl (C=O) groups is 1. The number of anilines is 2. The summed E-state index contributed by atoms with van der Waals surface area (Å²) in [6.45, 7) is 6.58. The quantitative estimate of drug-likeness (QED) is 0.815. The summed E-state index contributed by atoms with van der Waals surface area (Å²) in [5.41, 5.74) is 9.05. The van der Waals surface area contributed by atoms with E-state index in [0.717, 1.165) is 35.5 Å². The van der Waals surface area contributed by atoms with E-state index in [1.165, 1.54) is 11.3 Å². The van der Waals surface area contributed by atoms with Gasteiger partial charge in [-0.1, -0.05) is 12.2 Å². The van der Waals surface area contributed by atoms with E-state index in [4.69, 9.17) is 5.73 Å². The molecule has 1 amide bonds. The van der Waals surface area contributed by atoms with Crippen LogP contribution in [0.25, 0.3) is 0 Å². The molecular weight excluding hydrogens is 258 g/mol. The molecule has 1 aromatic heterocycles. The van der Waals surface area contributed by atoms with Crippen molar-refractivity contribution in [3.8, 4) is 0 Å². The van der Waals surface area contributed by atoms with Gasteiger partial charge in [0.2, 0.25) is 0 Å². The van der Waals surface area contributed by atoms with Gasteiger partial charge in [0, 0.05) is 26.2 Å². The first-order valence-electron chi connectivity index (χ1n) is 6.43. The smallest absolute Gasteiger partial charge is 0.265 e. The molecule has 1 heterocycles. The molecule has 2 rings (SSSR count). The van der Waals surface area contributed by atoms with Gasteiger partial charge in [0.25, 0.3) is 5.91 Å². The van der Waals surface area contributed by atoms with Gasteiger partial charge in [0.05, 0.1) is 10.7 Å². The van der Waals surface area contributed by atoms with E-state index in [2.05, 4.69) is 11.9 Å². The fraction of sp³-hybridized carbons (Fsp3) is 0.500. The van der Waals surface area contributed by atoms with E-state index in [-0.39, 0.29) is 5.91 Å². The number of hydrogen-bond acceptors (Lipinski definition) is 4. The standard InChI is InChI=1S/C14H21N3OS/c1-8(2)7-16-13-10(9-5-6-9)11(15)12(19-13)14(18)17(3)4/h9,16H,1,5-7,15H2,2-4H3. The monoisotopic (exact) mass is 279 g/mol. The average Bonchev–Trinajstić information content (AvgIpc) is 3.10. The first-order chi connectivity index (χ1) is 8.91. The van der Waals surface area contributed by atoms with Gasteiger partial charge in [0.1, 0.15) is 4.88 Å². The molecule has 1 aliphatic carbocycles. The van der Waals surface area contributed by atoms with Gasteiger partial charge < -0.3 is 16.0 Å². The van der Waals surface area contributed by atoms with Gasteiger partial charge in [-0.3, -0.25) is 4.79 Å². The zero-order chi connectivity index (χ0) is 14.2. The lowest BCUT2D eigenvalue weighted by Gasteiger charge is -2.08. The molecule has 19 heavy (non-hydrogen) atoms. The van der Waals surface area contributed by atoms with Gasteiger partial charge in [-0.15, -0.1) is 11.3 Å². The molecule has 1 aliphatic rings. The highest BCUT2D eigenvalue weighted by Gasteiger charge is 2.33. The fourth-order valence-electron chi connectivity index (χ4n) is 1.96. The van der Waals surface area contributed by atoms with Crippen molar-refractivity contribution in [3.63, 3.8) is 0 Å². The number of nitrogens with two attached hydrogens (primary N) is 1. The normalized spacial score (nSPS) is 14.3. The number of nitrogen functional groups attached to an aromatic ring is 1. The summed E-state index contributed by atoms with van der Waals surface area (Å²) in [5.74, 6) is 0.500. The predicted molar refractivity (Wildman–Crippen MR) is 82.0 cm³/mol. The maximum absolute atomic E-state index is 12.1. The number of rotatable bonds is 5. The van der Waals surface area contributed by atoms with Crippen molar-refractivity contribution in [1.82, 2.24) is 4.90 Å². The minimum Gasteiger partial charge on any atom is -0.397 e. The second-order valence-corrected chi connectivity index (χ2v) is 6.39. The van der Waals surface area contributed by atoms with Crippen molar-refractivity contribution < 1.29 is 4.79 Å². The maximum atomic E-state index is 12.1. The van der Waals surface area contributed by atoms with E-state index < -0.39 is 0 Å². The molecule has 4 nitrogen and oxygen atoms in total. The molecule has 0 spiro atoms. The Morgan fingerprint density at radius 2 is 2.16 bits per heavy atom. The summed E-state index contributed by atoms with van der Waals surface area (Å²) >= 11 is 1.46. The second-order valence-electron chi connectivity index (χ2n) is 5.37. The van der Waals surface area contributed by atoms with Crippen LogP contribution in [0.4, 0.5) is 10.7 Å². The molecule has 0 bridgehead atoms.